The van der Waals surface area contributed by atoms with Crippen molar-refractivity contribution in [2.45, 2.75) is 19.3 Å². The molecule has 0 aliphatic rings. The zero-order chi connectivity index (χ0) is 9.68. The Kier molecular flexibility index (Phi) is 3.50. The van der Waals surface area contributed by atoms with Gasteiger partial charge in [-0.3, -0.25) is 4.79 Å². The van der Waals surface area contributed by atoms with Crippen molar-refractivity contribution in [3.05, 3.63) is 42.3 Å². The number of aryl methyl sites for hydroxylation is 1. The largest absolute Gasteiger partial charge is 0.481 e. The summed E-state index contributed by atoms with van der Waals surface area (Å²) in [4.78, 5) is 10.3. The highest BCUT2D eigenvalue weighted by atomic mass is 16.4. The van der Waals surface area contributed by atoms with E-state index in [9.17, 15) is 4.79 Å². The molecule has 1 aromatic carbocycles. The number of aliphatic carboxylic acids is 1. The Bertz CT molecular complexity index is 275. The smallest absolute Gasteiger partial charge is 0.303 e. The van der Waals surface area contributed by atoms with Gasteiger partial charge in [-0.1, -0.05) is 24.3 Å². The molecular formula is C11H13O2. The zero-order valence-electron chi connectivity index (χ0n) is 7.49. The van der Waals surface area contributed by atoms with Gasteiger partial charge in [0.1, 0.15) is 0 Å². The van der Waals surface area contributed by atoms with Gasteiger partial charge in [-0.25, -0.2) is 0 Å². The average Bonchev–Trinajstić information content (AvgIpc) is 2.15. The van der Waals surface area contributed by atoms with Crippen LogP contribution in [0.3, 0.4) is 0 Å². The van der Waals surface area contributed by atoms with Crippen molar-refractivity contribution in [1.29, 1.82) is 0 Å². The molecule has 0 amide bonds. The van der Waals surface area contributed by atoms with Crippen LogP contribution in [0, 0.1) is 6.92 Å². The van der Waals surface area contributed by atoms with Crippen molar-refractivity contribution in [2.75, 3.05) is 0 Å². The van der Waals surface area contributed by atoms with Crippen LogP contribution in [-0.4, -0.2) is 11.1 Å². The van der Waals surface area contributed by atoms with Crippen molar-refractivity contribution >= 4 is 5.97 Å². The van der Waals surface area contributed by atoms with Crippen LogP contribution in [0.15, 0.2) is 24.3 Å². The summed E-state index contributed by atoms with van der Waals surface area (Å²) in [5.41, 5.74) is 2.25. The summed E-state index contributed by atoms with van der Waals surface area (Å²) in [5.74, 6) is -0.749. The zero-order valence-corrected chi connectivity index (χ0v) is 7.49. The molecule has 0 bridgehead atoms. The van der Waals surface area contributed by atoms with E-state index >= 15 is 0 Å². The molecule has 0 aliphatic heterocycles. The quantitative estimate of drug-likeness (QED) is 0.764. The second kappa shape index (κ2) is 4.65. The molecule has 0 aliphatic carbocycles. The summed E-state index contributed by atoms with van der Waals surface area (Å²) < 4.78 is 0. The van der Waals surface area contributed by atoms with Crippen LogP contribution in [0.2, 0.25) is 0 Å². The lowest BCUT2D eigenvalue weighted by atomic mass is 10.1. The standard InChI is InChI=1S/C11H13O2/c1-2-9-3-5-10(6-4-9)7-8-11(12)13/h3-6H,1-2,7-8H2,(H,12,13). The fourth-order valence-electron chi connectivity index (χ4n) is 1.12. The molecule has 0 spiro atoms. The van der Waals surface area contributed by atoms with Gasteiger partial charge in [0, 0.05) is 6.42 Å². The maximum atomic E-state index is 10.3. The van der Waals surface area contributed by atoms with Gasteiger partial charge in [0.15, 0.2) is 0 Å². The Labute approximate surface area is 78.2 Å². The third-order valence-corrected chi connectivity index (χ3v) is 1.94. The molecule has 0 saturated heterocycles. The van der Waals surface area contributed by atoms with Gasteiger partial charge in [-0.2, -0.15) is 0 Å². The summed E-state index contributed by atoms with van der Waals surface area (Å²) in [7, 11) is 0. The van der Waals surface area contributed by atoms with Crippen LogP contribution in [0.4, 0.5) is 0 Å². The van der Waals surface area contributed by atoms with E-state index in [1.807, 2.05) is 24.3 Å². The summed E-state index contributed by atoms with van der Waals surface area (Å²) in [6.45, 7) is 3.77. The highest BCUT2D eigenvalue weighted by Gasteiger charge is 1.98. The Balaban J connectivity index is 2.54. The van der Waals surface area contributed by atoms with E-state index in [1.165, 1.54) is 5.56 Å². The molecule has 69 valence electrons. The van der Waals surface area contributed by atoms with Gasteiger partial charge < -0.3 is 5.11 Å². The molecular weight excluding hydrogens is 164 g/mol. The monoisotopic (exact) mass is 177 g/mol. The molecule has 0 aromatic heterocycles. The number of hydrogen-bond acceptors (Lipinski definition) is 1. The van der Waals surface area contributed by atoms with Gasteiger partial charge in [0.25, 0.3) is 0 Å². The minimum atomic E-state index is -0.749. The highest BCUT2D eigenvalue weighted by Crippen LogP contribution is 2.06. The van der Waals surface area contributed by atoms with E-state index in [1.54, 1.807) is 0 Å². The molecule has 0 unspecified atom stereocenters. The van der Waals surface area contributed by atoms with Crippen molar-refractivity contribution < 1.29 is 9.90 Å². The van der Waals surface area contributed by atoms with E-state index < -0.39 is 5.97 Å². The Hall–Kier alpha value is -1.31. The van der Waals surface area contributed by atoms with Crippen molar-refractivity contribution in [3.8, 4) is 0 Å². The summed E-state index contributed by atoms with van der Waals surface area (Å²) >= 11 is 0. The van der Waals surface area contributed by atoms with Gasteiger partial charge in [0.05, 0.1) is 0 Å². The number of carboxylic acids is 1. The lowest BCUT2D eigenvalue weighted by molar-refractivity contribution is -0.136. The van der Waals surface area contributed by atoms with Crippen LogP contribution in [0.25, 0.3) is 0 Å². The first kappa shape index (κ1) is 9.78. The molecule has 1 rings (SSSR count). The second-order valence-electron chi connectivity index (χ2n) is 2.96. The van der Waals surface area contributed by atoms with Gasteiger partial charge >= 0.3 is 5.97 Å². The molecule has 1 N–H and O–H groups in total. The number of hydrogen-bond donors (Lipinski definition) is 1. The SMILES string of the molecule is [CH2]Cc1ccc(CCC(=O)O)cc1. The first-order valence-corrected chi connectivity index (χ1v) is 4.31. The molecule has 2 nitrogen and oxygen atoms in total. The van der Waals surface area contributed by atoms with E-state index in [2.05, 4.69) is 6.92 Å². The van der Waals surface area contributed by atoms with Crippen molar-refractivity contribution in [3.63, 3.8) is 0 Å². The Morgan fingerprint density at radius 1 is 1.23 bits per heavy atom. The van der Waals surface area contributed by atoms with E-state index in [4.69, 9.17) is 5.11 Å². The predicted molar refractivity (Wildman–Crippen MR) is 51.5 cm³/mol. The maximum Gasteiger partial charge on any atom is 0.303 e. The molecule has 0 saturated carbocycles. The van der Waals surface area contributed by atoms with Crippen molar-refractivity contribution in [1.82, 2.24) is 0 Å². The van der Waals surface area contributed by atoms with E-state index in [0.717, 1.165) is 12.0 Å². The Morgan fingerprint density at radius 2 is 1.77 bits per heavy atom. The van der Waals surface area contributed by atoms with Gasteiger partial charge in [-0.15, -0.1) is 0 Å². The number of carbonyl (C=O) groups is 1. The molecule has 0 fully saturated rings. The minimum absolute atomic E-state index is 0.198. The number of benzene rings is 1. The molecule has 0 atom stereocenters. The number of carboxylic acid groups (broad SMARTS) is 1. The third kappa shape index (κ3) is 3.28. The molecule has 1 radical (unpaired) electrons. The molecule has 2 heteroatoms. The number of rotatable bonds is 4. The van der Waals surface area contributed by atoms with Crippen LogP contribution in [0.5, 0.6) is 0 Å². The first-order valence-electron chi connectivity index (χ1n) is 4.31. The van der Waals surface area contributed by atoms with Crippen molar-refractivity contribution in [2.24, 2.45) is 0 Å². The predicted octanol–water partition coefficient (Wildman–Crippen LogP) is 2.08. The van der Waals surface area contributed by atoms with E-state index in [-0.39, 0.29) is 6.42 Å². The second-order valence-corrected chi connectivity index (χ2v) is 2.96. The van der Waals surface area contributed by atoms with Gasteiger partial charge in [-0.05, 0) is 30.9 Å². The fourth-order valence-corrected chi connectivity index (χ4v) is 1.12. The van der Waals surface area contributed by atoms with Crippen LogP contribution < -0.4 is 0 Å². The maximum absolute atomic E-state index is 10.3. The topological polar surface area (TPSA) is 37.3 Å². The molecule has 1 aromatic rings. The van der Waals surface area contributed by atoms with Crippen LogP contribution in [0.1, 0.15) is 17.5 Å². The van der Waals surface area contributed by atoms with E-state index in [0.29, 0.717) is 6.42 Å². The highest BCUT2D eigenvalue weighted by molar-refractivity contribution is 5.67. The first-order chi connectivity index (χ1) is 6.22. The lowest BCUT2D eigenvalue weighted by Gasteiger charge is -2.00. The molecule has 13 heavy (non-hydrogen) atoms. The summed E-state index contributed by atoms with van der Waals surface area (Å²) in [5, 5.41) is 8.47. The fraction of sp³-hybridized carbons (Fsp3) is 0.273. The Morgan fingerprint density at radius 3 is 2.23 bits per heavy atom. The van der Waals surface area contributed by atoms with Crippen LogP contribution >= 0.6 is 0 Å². The lowest BCUT2D eigenvalue weighted by Crippen LogP contribution is -1.97. The third-order valence-electron chi connectivity index (χ3n) is 1.94. The van der Waals surface area contributed by atoms with Crippen LogP contribution in [-0.2, 0) is 17.6 Å². The van der Waals surface area contributed by atoms with Gasteiger partial charge in [0.2, 0.25) is 0 Å². The normalized spacial score (nSPS) is 9.92. The molecule has 0 heterocycles. The summed E-state index contributed by atoms with van der Waals surface area (Å²) in [6.07, 6.45) is 1.58. The average molecular weight is 177 g/mol. The minimum Gasteiger partial charge on any atom is -0.481 e. The summed E-state index contributed by atoms with van der Waals surface area (Å²) in [6, 6.07) is 7.90.